The average molecular weight is 294 g/mol. The van der Waals surface area contributed by atoms with Crippen LogP contribution in [0.15, 0.2) is 18.2 Å². The van der Waals surface area contributed by atoms with E-state index >= 15 is 0 Å². The Kier molecular flexibility index (Phi) is 4.63. The van der Waals surface area contributed by atoms with Crippen LogP contribution in [0.25, 0.3) is 0 Å². The van der Waals surface area contributed by atoms with Crippen LogP contribution in [0.5, 0.6) is 0 Å². The van der Waals surface area contributed by atoms with Gasteiger partial charge in [0.25, 0.3) is 0 Å². The summed E-state index contributed by atoms with van der Waals surface area (Å²) in [5.74, 6) is -0.450. The normalized spacial score (nSPS) is 16.5. The standard InChI is InChI=1S/C16H22O3S/c1-12-7-13(2)9-14(8-12)10-20(18,19)11-16(17)15-5-3-4-6-15/h7-9,15H,3-6,10-11H2,1-2H3. The van der Waals surface area contributed by atoms with Crippen LogP contribution in [0, 0.1) is 19.8 Å². The highest BCUT2D eigenvalue weighted by molar-refractivity contribution is 7.91. The topological polar surface area (TPSA) is 51.2 Å². The molecule has 1 fully saturated rings. The van der Waals surface area contributed by atoms with Gasteiger partial charge in [0.1, 0.15) is 5.75 Å². The molecule has 1 aromatic rings. The van der Waals surface area contributed by atoms with Crippen LogP contribution >= 0.6 is 0 Å². The van der Waals surface area contributed by atoms with Gasteiger partial charge in [-0.05, 0) is 32.3 Å². The van der Waals surface area contributed by atoms with Crippen LogP contribution in [0.1, 0.15) is 42.4 Å². The number of sulfone groups is 1. The maximum atomic E-state index is 12.2. The Balaban J connectivity index is 2.04. The molecule has 3 nitrogen and oxygen atoms in total. The quantitative estimate of drug-likeness (QED) is 0.839. The number of carbonyl (C=O) groups is 1. The Morgan fingerprint density at radius 2 is 1.65 bits per heavy atom. The molecule has 1 aliphatic rings. The van der Waals surface area contributed by atoms with Crippen molar-refractivity contribution < 1.29 is 13.2 Å². The lowest BCUT2D eigenvalue weighted by atomic mass is 10.0. The first-order chi connectivity index (χ1) is 9.35. The predicted molar refractivity (Wildman–Crippen MR) is 80.4 cm³/mol. The summed E-state index contributed by atoms with van der Waals surface area (Å²) in [4.78, 5) is 12.0. The summed E-state index contributed by atoms with van der Waals surface area (Å²) in [6.45, 7) is 3.90. The van der Waals surface area contributed by atoms with Crippen molar-refractivity contribution in [2.24, 2.45) is 5.92 Å². The number of benzene rings is 1. The Labute approximate surface area is 121 Å². The third-order valence-corrected chi connectivity index (χ3v) is 5.34. The highest BCUT2D eigenvalue weighted by atomic mass is 32.2. The van der Waals surface area contributed by atoms with Crippen molar-refractivity contribution in [3.05, 3.63) is 34.9 Å². The van der Waals surface area contributed by atoms with Gasteiger partial charge in [0.2, 0.25) is 0 Å². The van der Waals surface area contributed by atoms with Crippen molar-refractivity contribution in [3.63, 3.8) is 0 Å². The van der Waals surface area contributed by atoms with Crippen molar-refractivity contribution in [1.82, 2.24) is 0 Å². The molecular formula is C16H22O3S. The summed E-state index contributed by atoms with van der Waals surface area (Å²) in [5, 5.41) is 0. The highest BCUT2D eigenvalue weighted by Gasteiger charge is 2.27. The summed E-state index contributed by atoms with van der Waals surface area (Å²) in [6, 6.07) is 5.77. The predicted octanol–water partition coefficient (Wildman–Crippen LogP) is 2.98. The zero-order chi connectivity index (χ0) is 14.8. The molecule has 0 amide bonds. The number of rotatable bonds is 5. The van der Waals surface area contributed by atoms with Crippen molar-refractivity contribution in [1.29, 1.82) is 0 Å². The zero-order valence-corrected chi connectivity index (χ0v) is 13.0. The number of Topliss-reactive ketones (excluding diaryl/α,β-unsaturated/α-hetero) is 1. The van der Waals surface area contributed by atoms with Crippen LogP contribution in [-0.4, -0.2) is 20.0 Å². The third-order valence-electron chi connectivity index (χ3n) is 3.84. The minimum Gasteiger partial charge on any atom is -0.298 e. The van der Waals surface area contributed by atoms with Crippen molar-refractivity contribution >= 4 is 15.6 Å². The Bertz CT molecular complexity index is 576. The number of hydrogen-bond donors (Lipinski definition) is 0. The molecule has 0 spiro atoms. The van der Waals surface area contributed by atoms with Gasteiger partial charge in [0.05, 0.1) is 5.75 Å². The highest BCUT2D eigenvalue weighted by Crippen LogP contribution is 2.26. The second-order valence-corrected chi connectivity index (χ2v) is 8.04. The Hall–Kier alpha value is -1.16. The minimum absolute atomic E-state index is 0.0241. The van der Waals surface area contributed by atoms with Crippen LogP contribution in [0.4, 0.5) is 0 Å². The zero-order valence-electron chi connectivity index (χ0n) is 12.2. The fraction of sp³-hybridized carbons (Fsp3) is 0.562. The lowest BCUT2D eigenvalue weighted by Crippen LogP contribution is -2.23. The molecule has 0 atom stereocenters. The van der Waals surface area contributed by atoms with Crippen LogP contribution in [-0.2, 0) is 20.4 Å². The monoisotopic (exact) mass is 294 g/mol. The Morgan fingerprint density at radius 3 is 2.20 bits per heavy atom. The first-order valence-electron chi connectivity index (χ1n) is 7.16. The second-order valence-electron chi connectivity index (χ2n) is 5.98. The van der Waals surface area contributed by atoms with Crippen molar-refractivity contribution in [2.75, 3.05) is 5.75 Å². The number of hydrogen-bond acceptors (Lipinski definition) is 3. The molecule has 2 rings (SSSR count). The van der Waals surface area contributed by atoms with Gasteiger partial charge >= 0.3 is 0 Å². The molecule has 0 N–H and O–H groups in total. The van der Waals surface area contributed by atoms with E-state index in [1.54, 1.807) is 0 Å². The van der Waals surface area contributed by atoms with Crippen molar-refractivity contribution in [2.45, 2.75) is 45.3 Å². The molecule has 1 aliphatic carbocycles. The fourth-order valence-electron chi connectivity index (χ4n) is 3.04. The molecule has 0 bridgehead atoms. The number of carbonyl (C=O) groups excluding carboxylic acids is 1. The SMILES string of the molecule is Cc1cc(C)cc(CS(=O)(=O)CC(=O)C2CCCC2)c1. The molecule has 4 heteroatoms. The Morgan fingerprint density at radius 1 is 1.10 bits per heavy atom. The molecule has 0 saturated heterocycles. The second kappa shape index (κ2) is 6.08. The molecule has 1 aromatic carbocycles. The van der Waals surface area contributed by atoms with E-state index < -0.39 is 9.84 Å². The van der Waals surface area contributed by atoms with Gasteiger partial charge in [0, 0.05) is 5.92 Å². The van der Waals surface area contributed by atoms with E-state index in [0.717, 1.165) is 42.4 Å². The number of ketones is 1. The summed E-state index contributed by atoms with van der Waals surface area (Å²) in [6.07, 6.45) is 3.82. The average Bonchev–Trinajstić information content (AvgIpc) is 2.78. The van der Waals surface area contributed by atoms with Gasteiger partial charge in [-0.3, -0.25) is 4.79 Å². The summed E-state index contributed by atoms with van der Waals surface area (Å²) in [5.41, 5.74) is 2.89. The molecule has 110 valence electrons. The third kappa shape index (κ3) is 4.17. The van der Waals surface area contributed by atoms with E-state index in [2.05, 4.69) is 0 Å². The molecule has 0 aromatic heterocycles. The lowest BCUT2D eigenvalue weighted by molar-refractivity contribution is -0.120. The molecule has 0 radical (unpaired) electrons. The van der Waals surface area contributed by atoms with E-state index in [-0.39, 0.29) is 23.2 Å². The molecular weight excluding hydrogens is 272 g/mol. The van der Waals surface area contributed by atoms with Gasteiger partial charge in [0.15, 0.2) is 15.6 Å². The van der Waals surface area contributed by atoms with E-state index in [1.807, 2.05) is 32.0 Å². The minimum atomic E-state index is -3.35. The molecule has 1 saturated carbocycles. The van der Waals surface area contributed by atoms with Gasteiger partial charge in [-0.2, -0.15) is 0 Å². The first-order valence-corrected chi connectivity index (χ1v) is 8.98. The van der Waals surface area contributed by atoms with Gasteiger partial charge < -0.3 is 0 Å². The van der Waals surface area contributed by atoms with Gasteiger partial charge in [-0.1, -0.05) is 42.2 Å². The van der Waals surface area contributed by atoms with E-state index in [4.69, 9.17) is 0 Å². The summed E-state index contributed by atoms with van der Waals surface area (Å²) >= 11 is 0. The molecule has 0 aliphatic heterocycles. The first kappa shape index (κ1) is 15.2. The largest absolute Gasteiger partial charge is 0.298 e. The summed E-state index contributed by atoms with van der Waals surface area (Å²) in [7, 11) is -3.35. The smallest absolute Gasteiger partial charge is 0.161 e. The summed E-state index contributed by atoms with van der Waals surface area (Å²) < 4.78 is 24.3. The van der Waals surface area contributed by atoms with E-state index in [9.17, 15) is 13.2 Å². The van der Waals surface area contributed by atoms with Crippen LogP contribution in [0.2, 0.25) is 0 Å². The maximum Gasteiger partial charge on any atom is 0.161 e. The van der Waals surface area contributed by atoms with Gasteiger partial charge in [-0.25, -0.2) is 8.42 Å². The van der Waals surface area contributed by atoms with E-state index in [0.29, 0.717) is 0 Å². The fourth-order valence-corrected chi connectivity index (χ4v) is 4.49. The lowest BCUT2D eigenvalue weighted by Gasteiger charge is -2.09. The van der Waals surface area contributed by atoms with E-state index in [1.165, 1.54) is 0 Å². The van der Waals surface area contributed by atoms with Crippen molar-refractivity contribution in [3.8, 4) is 0 Å². The maximum absolute atomic E-state index is 12.2. The molecule has 0 unspecified atom stereocenters. The van der Waals surface area contributed by atoms with Crippen LogP contribution < -0.4 is 0 Å². The molecule has 20 heavy (non-hydrogen) atoms. The van der Waals surface area contributed by atoms with Crippen LogP contribution in [0.3, 0.4) is 0 Å². The number of aryl methyl sites for hydroxylation is 2. The molecule has 0 heterocycles. The van der Waals surface area contributed by atoms with Gasteiger partial charge in [-0.15, -0.1) is 0 Å².